The standard InChI is InChI=1S/C18H31N2O7/c21-11-5-7-17(23)20-10-13-27-15-14-26-12-9-19-16(22)6-3-1-2-4-8-18(24)25/h1-10,12-15H2,(H,19,22)(H,20,23)(H,24,25). The highest BCUT2D eigenvalue weighted by atomic mass is 16.5. The van der Waals surface area contributed by atoms with Gasteiger partial charge in [0.15, 0.2) is 6.29 Å². The van der Waals surface area contributed by atoms with Gasteiger partial charge in [0.25, 0.3) is 0 Å². The zero-order valence-electron chi connectivity index (χ0n) is 15.8. The molecule has 1 radical (unpaired) electrons. The lowest BCUT2D eigenvalue weighted by Gasteiger charge is -2.08. The maximum absolute atomic E-state index is 11.6. The molecule has 0 aliphatic heterocycles. The minimum Gasteiger partial charge on any atom is -0.481 e. The fraction of sp³-hybridized carbons (Fsp3) is 0.778. The number of hydrogen-bond acceptors (Lipinski definition) is 6. The van der Waals surface area contributed by atoms with Crippen LogP contribution in [-0.4, -0.2) is 68.7 Å². The van der Waals surface area contributed by atoms with Gasteiger partial charge in [-0.1, -0.05) is 12.8 Å². The van der Waals surface area contributed by atoms with Crippen molar-refractivity contribution in [3.05, 3.63) is 0 Å². The van der Waals surface area contributed by atoms with Gasteiger partial charge in [-0.05, 0) is 12.8 Å². The Balaban J connectivity index is 3.25. The van der Waals surface area contributed by atoms with Gasteiger partial charge >= 0.3 is 5.97 Å². The highest BCUT2D eigenvalue weighted by molar-refractivity contribution is 5.78. The summed E-state index contributed by atoms with van der Waals surface area (Å²) in [7, 11) is 0. The van der Waals surface area contributed by atoms with E-state index in [9.17, 15) is 19.2 Å². The highest BCUT2D eigenvalue weighted by Gasteiger charge is 2.02. The Labute approximate surface area is 160 Å². The van der Waals surface area contributed by atoms with Crippen LogP contribution in [0.25, 0.3) is 0 Å². The molecular formula is C18H31N2O7. The fourth-order valence-corrected chi connectivity index (χ4v) is 2.10. The summed E-state index contributed by atoms with van der Waals surface area (Å²) in [4.78, 5) is 43.1. The van der Waals surface area contributed by atoms with Crippen LogP contribution in [0.5, 0.6) is 0 Å². The molecule has 2 amide bonds. The number of rotatable bonds is 19. The summed E-state index contributed by atoms with van der Waals surface area (Å²) < 4.78 is 10.6. The van der Waals surface area contributed by atoms with Gasteiger partial charge in [-0.3, -0.25) is 19.2 Å². The average molecular weight is 387 g/mol. The van der Waals surface area contributed by atoms with E-state index < -0.39 is 5.97 Å². The van der Waals surface area contributed by atoms with Crippen molar-refractivity contribution in [1.29, 1.82) is 0 Å². The Morgan fingerprint density at radius 3 is 1.78 bits per heavy atom. The van der Waals surface area contributed by atoms with Crippen LogP contribution in [0, 0.1) is 0 Å². The van der Waals surface area contributed by atoms with Crippen LogP contribution in [-0.2, 0) is 28.7 Å². The van der Waals surface area contributed by atoms with Gasteiger partial charge in [0.05, 0.1) is 26.4 Å². The van der Waals surface area contributed by atoms with Crippen LogP contribution in [0.1, 0.15) is 51.4 Å². The molecule has 0 aliphatic rings. The number of carboxylic acid groups (broad SMARTS) is 1. The first-order chi connectivity index (χ1) is 13.1. The minimum atomic E-state index is -0.783. The van der Waals surface area contributed by atoms with Gasteiger partial charge in [-0.15, -0.1) is 0 Å². The molecule has 0 heterocycles. The summed E-state index contributed by atoms with van der Waals surface area (Å²) in [6.07, 6.45) is 5.60. The quantitative estimate of drug-likeness (QED) is 0.276. The van der Waals surface area contributed by atoms with Crippen molar-refractivity contribution in [3.63, 3.8) is 0 Å². The molecule has 0 aromatic rings. The van der Waals surface area contributed by atoms with Crippen molar-refractivity contribution in [2.24, 2.45) is 0 Å². The van der Waals surface area contributed by atoms with Gasteiger partial charge in [0, 0.05) is 38.8 Å². The molecular weight excluding hydrogens is 356 g/mol. The SMILES string of the molecule is O=[C]CCC(=O)NCCOCCOCCNC(=O)CCCCCCC(=O)O. The zero-order chi connectivity index (χ0) is 20.2. The average Bonchev–Trinajstić information content (AvgIpc) is 2.64. The third-order valence-electron chi connectivity index (χ3n) is 3.51. The van der Waals surface area contributed by atoms with E-state index in [1.54, 1.807) is 6.29 Å². The van der Waals surface area contributed by atoms with Crippen LogP contribution in [0.4, 0.5) is 0 Å². The largest absolute Gasteiger partial charge is 0.481 e. The lowest BCUT2D eigenvalue weighted by atomic mass is 10.1. The van der Waals surface area contributed by atoms with Gasteiger partial charge in [0.2, 0.25) is 11.8 Å². The number of hydrogen-bond donors (Lipinski definition) is 3. The number of ether oxygens (including phenoxy) is 2. The number of nitrogens with one attached hydrogen (secondary N) is 2. The summed E-state index contributed by atoms with van der Waals surface area (Å²) in [5.74, 6) is -1.01. The number of unbranched alkanes of at least 4 members (excludes halogenated alkanes) is 3. The van der Waals surface area contributed by atoms with Crippen molar-refractivity contribution < 1.29 is 33.8 Å². The first kappa shape index (κ1) is 25.0. The topological polar surface area (TPSA) is 131 Å². The summed E-state index contributed by atoms with van der Waals surface area (Å²) in [6.45, 7) is 2.36. The number of carbonyl (C=O) groups is 3. The Kier molecular flexibility index (Phi) is 17.4. The Morgan fingerprint density at radius 2 is 1.26 bits per heavy atom. The second-order valence-corrected chi connectivity index (χ2v) is 5.88. The third kappa shape index (κ3) is 20.2. The van der Waals surface area contributed by atoms with Crippen LogP contribution < -0.4 is 10.6 Å². The predicted octanol–water partition coefficient (Wildman–Crippen LogP) is 0.567. The number of amides is 2. The third-order valence-corrected chi connectivity index (χ3v) is 3.51. The smallest absolute Gasteiger partial charge is 0.303 e. The Morgan fingerprint density at radius 1 is 0.741 bits per heavy atom. The van der Waals surface area contributed by atoms with Gasteiger partial charge < -0.3 is 25.2 Å². The summed E-state index contributed by atoms with van der Waals surface area (Å²) in [6, 6.07) is 0. The molecule has 0 aliphatic carbocycles. The molecule has 0 fully saturated rings. The van der Waals surface area contributed by atoms with Gasteiger partial charge in [-0.25, -0.2) is 0 Å². The second kappa shape index (κ2) is 18.8. The van der Waals surface area contributed by atoms with Crippen LogP contribution in [0.3, 0.4) is 0 Å². The van der Waals surface area contributed by atoms with E-state index in [2.05, 4.69) is 10.6 Å². The minimum absolute atomic E-state index is 0.0315. The van der Waals surface area contributed by atoms with E-state index in [1.807, 2.05) is 0 Å². The fourth-order valence-electron chi connectivity index (χ4n) is 2.10. The summed E-state index contributed by atoms with van der Waals surface area (Å²) in [5, 5.41) is 13.9. The van der Waals surface area contributed by atoms with Crippen LogP contribution in [0.2, 0.25) is 0 Å². The van der Waals surface area contributed by atoms with Crippen molar-refractivity contribution in [2.45, 2.75) is 51.4 Å². The van der Waals surface area contributed by atoms with Crippen molar-refractivity contribution in [2.75, 3.05) is 39.5 Å². The molecule has 0 bridgehead atoms. The molecule has 0 rings (SSSR count). The molecule has 0 atom stereocenters. The molecule has 0 saturated heterocycles. The van der Waals surface area contributed by atoms with Crippen LogP contribution in [0.15, 0.2) is 0 Å². The molecule has 3 N–H and O–H groups in total. The van der Waals surface area contributed by atoms with Gasteiger partial charge in [0.1, 0.15) is 0 Å². The second-order valence-electron chi connectivity index (χ2n) is 5.88. The molecule has 0 unspecified atom stereocenters. The first-order valence-electron chi connectivity index (χ1n) is 9.32. The number of carbonyl (C=O) groups excluding carboxylic acids is 3. The first-order valence-corrected chi connectivity index (χ1v) is 9.32. The van der Waals surface area contributed by atoms with E-state index in [0.717, 1.165) is 19.3 Å². The Bertz CT molecular complexity index is 430. The van der Waals surface area contributed by atoms with E-state index in [1.165, 1.54) is 0 Å². The molecule has 0 spiro atoms. The lowest BCUT2D eigenvalue weighted by molar-refractivity contribution is -0.137. The monoisotopic (exact) mass is 387 g/mol. The van der Waals surface area contributed by atoms with Crippen molar-refractivity contribution >= 4 is 24.1 Å². The summed E-state index contributed by atoms with van der Waals surface area (Å²) in [5.41, 5.74) is 0. The maximum atomic E-state index is 11.6. The molecule has 9 heteroatoms. The number of carboxylic acids is 1. The molecule has 27 heavy (non-hydrogen) atoms. The van der Waals surface area contributed by atoms with Crippen molar-refractivity contribution in [1.82, 2.24) is 10.6 Å². The summed E-state index contributed by atoms with van der Waals surface area (Å²) >= 11 is 0. The van der Waals surface area contributed by atoms with Crippen LogP contribution >= 0.6 is 0 Å². The zero-order valence-corrected chi connectivity index (χ0v) is 15.8. The van der Waals surface area contributed by atoms with E-state index in [4.69, 9.17) is 14.6 Å². The predicted molar refractivity (Wildman–Crippen MR) is 97.9 cm³/mol. The van der Waals surface area contributed by atoms with E-state index >= 15 is 0 Å². The van der Waals surface area contributed by atoms with E-state index in [0.29, 0.717) is 52.4 Å². The molecule has 0 aromatic carbocycles. The molecule has 0 aromatic heterocycles. The molecule has 155 valence electrons. The van der Waals surface area contributed by atoms with Crippen molar-refractivity contribution in [3.8, 4) is 0 Å². The molecule has 0 saturated carbocycles. The normalized spacial score (nSPS) is 10.4. The maximum Gasteiger partial charge on any atom is 0.303 e. The highest BCUT2D eigenvalue weighted by Crippen LogP contribution is 2.05. The Hall–Kier alpha value is -2.00. The molecule has 9 nitrogen and oxygen atoms in total. The lowest BCUT2D eigenvalue weighted by Crippen LogP contribution is -2.28. The van der Waals surface area contributed by atoms with E-state index in [-0.39, 0.29) is 31.1 Å². The van der Waals surface area contributed by atoms with Gasteiger partial charge in [-0.2, -0.15) is 0 Å². The number of aliphatic carboxylic acids is 1.